The van der Waals surface area contributed by atoms with E-state index in [4.69, 9.17) is 11.6 Å². The fourth-order valence-corrected chi connectivity index (χ4v) is 2.53. The van der Waals surface area contributed by atoms with E-state index in [0.717, 1.165) is 32.6 Å². The summed E-state index contributed by atoms with van der Waals surface area (Å²) in [4.78, 5) is 7.91. The Morgan fingerprint density at radius 2 is 2.00 bits per heavy atom. The monoisotopic (exact) mass is 379 g/mol. The lowest BCUT2D eigenvalue weighted by molar-refractivity contribution is 0.211. The van der Waals surface area contributed by atoms with Crippen LogP contribution in [0.15, 0.2) is 46.9 Å². The molecule has 0 radical (unpaired) electrons. The van der Waals surface area contributed by atoms with Crippen LogP contribution in [-0.2, 0) is 0 Å². The Morgan fingerprint density at radius 1 is 1.23 bits per heavy atom. The zero-order valence-corrected chi connectivity index (χ0v) is 14.0. The Balaban J connectivity index is 1.85. The molecule has 1 atom stereocenters. The third-order valence-corrected chi connectivity index (χ3v) is 4.20. The number of hydrogen-bond donors (Lipinski definition) is 3. The van der Waals surface area contributed by atoms with E-state index < -0.39 is 6.10 Å². The number of H-pyrrole nitrogens is 1. The van der Waals surface area contributed by atoms with Crippen molar-refractivity contribution in [2.75, 3.05) is 17.7 Å². The highest BCUT2D eigenvalue weighted by Gasteiger charge is 2.07. The lowest BCUT2D eigenvalue weighted by Crippen LogP contribution is -2.20. The van der Waals surface area contributed by atoms with Crippen LogP contribution in [0.3, 0.4) is 0 Å². The number of rotatable bonds is 5. The number of halogens is 2. The molecule has 0 aliphatic carbocycles. The lowest BCUT2D eigenvalue weighted by atomic mass is 10.2. The minimum Gasteiger partial charge on any atom is -0.390 e. The number of aromatic nitrogens is 2. The number of benzene rings is 2. The molecule has 114 valence electrons. The van der Waals surface area contributed by atoms with Gasteiger partial charge in [-0.05, 0) is 30.3 Å². The molecule has 2 aromatic carbocycles. The maximum Gasteiger partial charge on any atom is 0.138 e. The first-order valence-corrected chi connectivity index (χ1v) is 8.22. The van der Waals surface area contributed by atoms with Gasteiger partial charge in [0.1, 0.15) is 5.82 Å². The number of hydrogen-bond acceptors (Lipinski definition) is 3. The van der Waals surface area contributed by atoms with E-state index in [1.807, 2.05) is 42.5 Å². The van der Waals surface area contributed by atoms with Crippen molar-refractivity contribution in [2.45, 2.75) is 6.10 Å². The molecule has 0 amide bonds. The molecule has 4 nitrogen and oxygen atoms in total. The number of nitrogens with one attached hydrogen (secondary N) is 2. The van der Waals surface area contributed by atoms with Gasteiger partial charge in [0.25, 0.3) is 0 Å². The van der Waals surface area contributed by atoms with Crippen molar-refractivity contribution >= 4 is 44.3 Å². The molecule has 0 saturated heterocycles. The average Bonchev–Trinajstić information content (AvgIpc) is 2.96. The molecule has 1 heterocycles. The summed E-state index contributed by atoms with van der Waals surface area (Å²) < 4.78 is 1.04. The number of aliphatic hydroxyl groups is 1. The van der Waals surface area contributed by atoms with Crippen LogP contribution in [0.25, 0.3) is 22.4 Å². The number of imidazole rings is 1. The molecule has 22 heavy (non-hydrogen) atoms. The normalized spacial score (nSPS) is 12.5. The van der Waals surface area contributed by atoms with Gasteiger partial charge < -0.3 is 15.4 Å². The van der Waals surface area contributed by atoms with Crippen molar-refractivity contribution in [2.24, 2.45) is 0 Å². The fourth-order valence-electron chi connectivity index (χ4n) is 2.15. The van der Waals surface area contributed by atoms with Crippen LogP contribution in [0.2, 0.25) is 0 Å². The number of anilines is 1. The highest BCUT2D eigenvalue weighted by atomic mass is 79.9. The predicted octanol–water partition coefficient (Wildman–Crippen LogP) is 4.00. The van der Waals surface area contributed by atoms with E-state index in [1.165, 1.54) is 0 Å². The van der Waals surface area contributed by atoms with Gasteiger partial charge >= 0.3 is 0 Å². The molecule has 6 heteroatoms. The molecule has 1 unspecified atom stereocenters. The second kappa shape index (κ2) is 6.69. The predicted molar refractivity (Wildman–Crippen MR) is 94.4 cm³/mol. The molecular formula is C16H15BrClN3O. The van der Waals surface area contributed by atoms with Crippen LogP contribution in [0.5, 0.6) is 0 Å². The third-order valence-electron chi connectivity index (χ3n) is 3.32. The van der Waals surface area contributed by atoms with Gasteiger partial charge in [-0.1, -0.05) is 28.1 Å². The standard InChI is InChI=1S/C16H15BrClN3O/c17-11-3-1-10(2-4-11)16-20-14-6-5-12(7-15(14)21-16)19-9-13(22)8-18/h1-7,13,19,22H,8-9H2,(H,20,21). The maximum atomic E-state index is 9.49. The number of fused-ring (bicyclic) bond motifs is 1. The molecule has 1 aromatic heterocycles. The summed E-state index contributed by atoms with van der Waals surface area (Å²) in [5.74, 6) is 1.05. The van der Waals surface area contributed by atoms with Gasteiger partial charge in [0, 0.05) is 22.3 Å². The van der Waals surface area contributed by atoms with Crippen LogP contribution in [-0.4, -0.2) is 33.6 Å². The number of aliphatic hydroxyl groups excluding tert-OH is 1. The summed E-state index contributed by atoms with van der Waals surface area (Å²) in [6.45, 7) is 0.419. The topological polar surface area (TPSA) is 60.9 Å². The Bertz CT molecular complexity index is 773. The molecule has 0 aliphatic heterocycles. The summed E-state index contributed by atoms with van der Waals surface area (Å²) in [5, 5.41) is 12.6. The van der Waals surface area contributed by atoms with Crippen molar-refractivity contribution in [1.29, 1.82) is 0 Å². The first kappa shape index (κ1) is 15.3. The van der Waals surface area contributed by atoms with Gasteiger partial charge in [0.15, 0.2) is 0 Å². The minimum atomic E-state index is -0.558. The molecule has 0 bridgehead atoms. The fraction of sp³-hybridized carbons (Fsp3) is 0.188. The highest BCUT2D eigenvalue weighted by Crippen LogP contribution is 2.24. The maximum absolute atomic E-state index is 9.49. The first-order chi connectivity index (χ1) is 10.7. The Kier molecular flexibility index (Phi) is 4.66. The van der Waals surface area contributed by atoms with Crippen molar-refractivity contribution in [3.63, 3.8) is 0 Å². The smallest absolute Gasteiger partial charge is 0.138 e. The van der Waals surface area contributed by atoms with Gasteiger partial charge in [-0.25, -0.2) is 4.98 Å². The average molecular weight is 381 g/mol. The molecule has 0 saturated carbocycles. The van der Waals surface area contributed by atoms with Crippen LogP contribution in [0, 0.1) is 0 Å². The van der Waals surface area contributed by atoms with Gasteiger partial charge in [-0.15, -0.1) is 11.6 Å². The van der Waals surface area contributed by atoms with Crippen molar-refractivity contribution in [1.82, 2.24) is 9.97 Å². The number of aromatic amines is 1. The van der Waals surface area contributed by atoms with Crippen LogP contribution in [0.4, 0.5) is 5.69 Å². The molecule has 3 aromatic rings. The molecule has 0 aliphatic rings. The van der Waals surface area contributed by atoms with Crippen LogP contribution in [0.1, 0.15) is 0 Å². The zero-order chi connectivity index (χ0) is 15.5. The number of alkyl halides is 1. The third kappa shape index (κ3) is 3.43. The van der Waals surface area contributed by atoms with E-state index >= 15 is 0 Å². The largest absolute Gasteiger partial charge is 0.390 e. The molecule has 0 fully saturated rings. The van der Waals surface area contributed by atoms with Gasteiger partial charge in [0.05, 0.1) is 23.0 Å². The zero-order valence-electron chi connectivity index (χ0n) is 11.7. The quantitative estimate of drug-likeness (QED) is 0.586. The van der Waals surface area contributed by atoms with E-state index in [1.54, 1.807) is 0 Å². The van der Waals surface area contributed by atoms with E-state index in [0.29, 0.717) is 6.54 Å². The second-order valence-corrected chi connectivity index (χ2v) is 6.24. The van der Waals surface area contributed by atoms with Gasteiger partial charge in [0.2, 0.25) is 0 Å². The first-order valence-electron chi connectivity index (χ1n) is 6.89. The minimum absolute atomic E-state index is 0.215. The van der Waals surface area contributed by atoms with Crippen LogP contribution < -0.4 is 5.32 Å². The Labute approximate surface area is 141 Å². The molecule has 3 N–H and O–H groups in total. The molecular weight excluding hydrogens is 366 g/mol. The Hall–Kier alpha value is -1.56. The summed E-state index contributed by atoms with van der Waals surface area (Å²) in [6, 6.07) is 13.9. The van der Waals surface area contributed by atoms with Crippen LogP contribution >= 0.6 is 27.5 Å². The van der Waals surface area contributed by atoms with Crippen molar-refractivity contribution < 1.29 is 5.11 Å². The molecule has 3 rings (SSSR count). The Morgan fingerprint density at radius 3 is 2.73 bits per heavy atom. The lowest BCUT2D eigenvalue weighted by Gasteiger charge is -2.09. The SMILES string of the molecule is OC(CCl)CNc1ccc2nc(-c3ccc(Br)cc3)[nH]c2c1. The van der Waals surface area contributed by atoms with Crippen molar-refractivity contribution in [3.05, 3.63) is 46.9 Å². The summed E-state index contributed by atoms with van der Waals surface area (Å²) in [5.41, 5.74) is 3.80. The van der Waals surface area contributed by atoms with E-state index in [2.05, 4.69) is 31.2 Å². The summed E-state index contributed by atoms with van der Waals surface area (Å²) in [7, 11) is 0. The van der Waals surface area contributed by atoms with E-state index in [-0.39, 0.29) is 5.88 Å². The highest BCUT2D eigenvalue weighted by molar-refractivity contribution is 9.10. The van der Waals surface area contributed by atoms with Gasteiger partial charge in [-0.2, -0.15) is 0 Å². The van der Waals surface area contributed by atoms with Gasteiger partial charge in [-0.3, -0.25) is 0 Å². The van der Waals surface area contributed by atoms with E-state index in [9.17, 15) is 5.11 Å². The summed E-state index contributed by atoms with van der Waals surface area (Å²) >= 11 is 9.01. The van der Waals surface area contributed by atoms with Crippen molar-refractivity contribution in [3.8, 4) is 11.4 Å². The summed E-state index contributed by atoms with van der Waals surface area (Å²) in [6.07, 6.45) is -0.558. The molecule has 0 spiro atoms. The number of nitrogens with zero attached hydrogens (tertiary/aromatic N) is 1. The second-order valence-electron chi connectivity index (χ2n) is 5.01.